The normalized spacial score (nSPS) is 32.2. The van der Waals surface area contributed by atoms with E-state index in [0.717, 1.165) is 31.2 Å². The summed E-state index contributed by atoms with van der Waals surface area (Å²) in [6.07, 6.45) is 0.842. The highest BCUT2D eigenvalue weighted by molar-refractivity contribution is 6.03. The lowest BCUT2D eigenvalue weighted by Gasteiger charge is -2.07. The third kappa shape index (κ3) is 1.99. The van der Waals surface area contributed by atoms with Gasteiger partial charge in [0.05, 0.1) is 19.5 Å². The maximum absolute atomic E-state index is 4.39. The first-order valence-electron chi connectivity index (χ1n) is 4.84. The van der Waals surface area contributed by atoms with Gasteiger partial charge in [-0.2, -0.15) is 0 Å². The Morgan fingerprint density at radius 3 is 1.85 bits per heavy atom. The molecule has 0 saturated heterocycles. The lowest BCUT2D eigenvalue weighted by molar-refractivity contribution is 0.718. The summed E-state index contributed by atoms with van der Waals surface area (Å²) in [5.74, 6) is 2.15. The number of nitrogens with zero attached hydrogens (tertiary/aromatic N) is 2. The Morgan fingerprint density at radius 1 is 1.08 bits per heavy atom. The molecule has 4 nitrogen and oxygen atoms in total. The van der Waals surface area contributed by atoms with Crippen molar-refractivity contribution in [2.75, 3.05) is 13.1 Å². The number of rotatable bonds is 2. The largest absolute Gasteiger partial charge is 0.369 e. The molecule has 0 aromatic carbocycles. The number of hydrogen-bond donors (Lipinski definition) is 2. The molecule has 0 aromatic rings. The van der Waals surface area contributed by atoms with Crippen molar-refractivity contribution < 1.29 is 0 Å². The van der Waals surface area contributed by atoms with Gasteiger partial charge in [-0.15, -0.1) is 0 Å². The third-order valence-electron chi connectivity index (χ3n) is 2.27. The van der Waals surface area contributed by atoms with Crippen LogP contribution in [0.1, 0.15) is 20.3 Å². The van der Waals surface area contributed by atoms with E-state index >= 15 is 0 Å². The molecular formula is C9H16N4. The molecule has 2 unspecified atom stereocenters. The predicted octanol–water partition coefficient (Wildman–Crippen LogP) is 0.157. The van der Waals surface area contributed by atoms with Gasteiger partial charge in [-0.3, -0.25) is 9.98 Å². The van der Waals surface area contributed by atoms with Crippen molar-refractivity contribution in [3.05, 3.63) is 0 Å². The second-order valence-corrected chi connectivity index (χ2v) is 3.84. The Labute approximate surface area is 78.5 Å². The van der Waals surface area contributed by atoms with Gasteiger partial charge < -0.3 is 10.6 Å². The van der Waals surface area contributed by atoms with E-state index in [0.29, 0.717) is 12.1 Å². The Morgan fingerprint density at radius 2 is 1.54 bits per heavy atom. The molecule has 4 heteroatoms. The minimum Gasteiger partial charge on any atom is -0.369 e. The van der Waals surface area contributed by atoms with Crippen LogP contribution in [-0.4, -0.2) is 36.8 Å². The number of amidine groups is 2. The Balaban J connectivity index is 1.85. The van der Waals surface area contributed by atoms with E-state index in [-0.39, 0.29) is 0 Å². The van der Waals surface area contributed by atoms with Crippen molar-refractivity contribution in [3.63, 3.8) is 0 Å². The van der Waals surface area contributed by atoms with Crippen molar-refractivity contribution in [2.45, 2.75) is 32.4 Å². The molecule has 0 spiro atoms. The quantitative estimate of drug-likeness (QED) is 0.636. The summed E-state index contributed by atoms with van der Waals surface area (Å²) in [5.41, 5.74) is 0. The zero-order valence-corrected chi connectivity index (χ0v) is 8.17. The van der Waals surface area contributed by atoms with Gasteiger partial charge in [-0.05, 0) is 13.8 Å². The molecular weight excluding hydrogens is 164 g/mol. The van der Waals surface area contributed by atoms with E-state index in [1.165, 1.54) is 0 Å². The number of aliphatic imine (C=N–C) groups is 2. The Bertz CT molecular complexity index is 230. The number of hydrogen-bond acceptors (Lipinski definition) is 4. The molecule has 0 amide bonds. The molecule has 0 radical (unpaired) electrons. The lowest BCUT2D eigenvalue weighted by Crippen LogP contribution is -2.33. The van der Waals surface area contributed by atoms with Gasteiger partial charge in [0, 0.05) is 12.1 Å². The molecule has 2 aliphatic heterocycles. The maximum Gasteiger partial charge on any atom is 0.104 e. The smallest absolute Gasteiger partial charge is 0.104 e. The zero-order chi connectivity index (χ0) is 9.26. The monoisotopic (exact) mass is 180 g/mol. The zero-order valence-electron chi connectivity index (χ0n) is 8.17. The highest BCUT2D eigenvalue weighted by atomic mass is 15.1. The highest BCUT2D eigenvalue weighted by Gasteiger charge is 2.18. The summed E-state index contributed by atoms with van der Waals surface area (Å²) in [7, 11) is 0. The van der Waals surface area contributed by atoms with Gasteiger partial charge in [0.25, 0.3) is 0 Å². The number of nitrogens with one attached hydrogen (secondary N) is 2. The summed E-state index contributed by atoms with van der Waals surface area (Å²) in [4.78, 5) is 8.78. The molecule has 0 aliphatic carbocycles. The van der Waals surface area contributed by atoms with E-state index in [2.05, 4.69) is 34.5 Å². The summed E-state index contributed by atoms with van der Waals surface area (Å²) in [6.45, 7) is 6.09. The maximum atomic E-state index is 4.39. The molecule has 0 saturated carbocycles. The Hall–Kier alpha value is -1.06. The van der Waals surface area contributed by atoms with Gasteiger partial charge in [-0.1, -0.05) is 0 Å². The van der Waals surface area contributed by atoms with Gasteiger partial charge in [0.15, 0.2) is 0 Å². The molecule has 2 atom stereocenters. The molecule has 0 fully saturated rings. The van der Waals surface area contributed by atoms with Crippen LogP contribution in [0, 0.1) is 0 Å². The molecule has 13 heavy (non-hydrogen) atoms. The minimum atomic E-state index is 0.495. The van der Waals surface area contributed by atoms with Gasteiger partial charge in [-0.25, -0.2) is 0 Å². The summed E-state index contributed by atoms with van der Waals surface area (Å²) < 4.78 is 0. The van der Waals surface area contributed by atoms with Crippen molar-refractivity contribution in [1.82, 2.24) is 10.6 Å². The van der Waals surface area contributed by atoms with Crippen LogP contribution >= 0.6 is 0 Å². The fraction of sp³-hybridized carbons (Fsp3) is 0.778. The lowest BCUT2D eigenvalue weighted by atomic mass is 10.3. The first-order valence-corrected chi connectivity index (χ1v) is 4.84. The van der Waals surface area contributed by atoms with Gasteiger partial charge in [0.1, 0.15) is 11.7 Å². The fourth-order valence-electron chi connectivity index (χ4n) is 1.62. The first-order chi connectivity index (χ1) is 6.24. The molecule has 72 valence electrons. The van der Waals surface area contributed by atoms with Crippen LogP contribution in [0.15, 0.2) is 9.98 Å². The highest BCUT2D eigenvalue weighted by Crippen LogP contribution is 2.02. The van der Waals surface area contributed by atoms with Crippen LogP contribution in [0.2, 0.25) is 0 Å². The van der Waals surface area contributed by atoms with E-state index in [1.54, 1.807) is 0 Å². The summed E-state index contributed by atoms with van der Waals surface area (Å²) in [6, 6.07) is 0.990. The first kappa shape index (κ1) is 8.53. The van der Waals surface area contributed by atoms with Crippen LogP contribution in [0.25, 0.3) is 0 Å². The summed E-state index contributed by atoms with van der Waals surface area (Å²) in [5, 5.41) is 6.65. The predicted molar refractivity (Wildman–Crippen MR) is 54.4 cm³/mol. The van der Waals surface area contributed by atoms with Gasteiger partial charge >= 0.3 is 0 Å². The van der Waals surface area contributed by atoms with Crippen molar-refractivity contribution >= 4 is 11.7 Å². The second kappa shape index (κ2) is 3.36. The van der Waals surface area contributed by atoms with Crippen LogP contribution in [0.3, 0.4) is 0 Å². The molecule has 0 aromatic heterocycles. The SMILES string of the molecule is CC1CN=C(CC2=NCC(C)N2)N1. The molecule has 2 heterocycles. The van der Waals surface area contributed by atoms with Crippen LogP contribution in [-0.2, 0) is 0 Å². The van der Waals surface area contributed by atoms with Crippen molar-refractivity contribution in [2.24, 2.45) is 9.98 Å². The second-order valence-electron chi connectivity index (χ2n) is 3.84. The van der Waals surface area contributed by atoms with Gasteiger partial charge in [0.2, 0.25) is 0 Å². The average Bonchev–Trinajstić information content (AvgIpc) is 2.62. The van der Waals surface area contributed by atoms with E-state index in [4.69, 9.17) is 0 Å². The topological polar surface area (TPSA) is 48.8 Å². The van der Waals surface area contributed by atoms with Crippen LogP contribution < -0.4 is 10.6 Å². The third-order valence-corrected chi connectivity index (χ3v) is 2.27. The van der Waals surface area contributed by atoms with E-state index in [1.807, 2.05) is 0 Å². The molecule has 2 N–H and O–H groups in total. The summed E-state index contributed by atoms with van der Waals surface area (Å²) >= 11 is 0. The standard InChI is InChI=1S/C9H16N4/c1-6-4-10-8(12-6)3-9-11-5-7(2)13-9/h6-7H,3-5H2,1-2H3,(H,10,12)(H,11,13). The minimum absolute atomic E-state index is 0.495. The van der Waals surface area contributed by atoms with Crippen LogP contribution in [0.5, 0.6) is 0 Å². The van der Waals surface area contributed by atoms with Crippen LogP contribution in [0.4, 0.5) is 0 Å². The fourth-order valence-corrected chi connectivity index (χ4v) is 1.62. The Kier molecular flexibility index (Phi) is 2.20. The average molecular weight is 180 g/mol. The molecule has 2 aliphatic rings. The van der Waals surface area contributed by atoms with E-state index in [9.17, 15) is 0 Å². The molecule has 2 rings (SSSR count). The van der Waals surface area contributed by atoms with Crippen molar-refractivity contribution in [1.29, 1.82) is 0 Å². The molecule has 0 bridgehead atoms. The van der Waals surface area contributed by atoms with Crippen molar-refractivity contribution in [3.8, 4) is 0 Å². The van der Waals surface area contributed by atoms with E-state index < -0.39 is 0 Å².